The van der Waals surface area contributed by atoms with Crippen LogP contribution in [0.1, 0.15) is 18.1 Å². The zero-order valence-corrected chi connectivity index (χ0v) is 24.7. The molecule has 4 amide bonds. The molecule has 0 bridgehead atoms. The number of imide groups is 2. The minimum atomic E-state index is -0.864. The fourth-order valence-corrected chi connectivity index (χ4v) is 4.98. The zero-order valence-electron chi connectivity index (χ0n) is 21.0. The number of hydrogen-bond donors (Lipinski definition) is 1. The number of amides is 4. The molecule has 3 aromatic carbocycles. The number of carbonyl (C=O) groups is 3. The smallest absolute Gasteiger partial charge is 0.335 e. The first-order valence-electron chi connectivity index (χ1n) is 11.8. The molecule has 1 aliphatic heterocycles. The molecule has 0 saturated carbocycles. The summed E-state index contributed by atoms with van der Waals surface area (Å²) in [7, 11) is 0. The van der Waals surface area contributed by atoms with E-state index in [1.807, 2.05) is 6.92 Å². The third-order valence-corrected chi connectivity index (χ3v) is 6.94. The maximum Gasteiger partial charge on any atom is 0.335 e. The van der Waals surface area contributed by atoms with E-state index in [4.69, 9.17) is 43.8 Å². The Balaban J connectivity index is 1.57. The molecule has 0 atom stereocenters. The minimum absolute atomic E-state index is 0.0488. The molecule has 0 aromatic heterocycles. The third-order valence-electron chi connectivity index (χ3n) is 5.55. The topological polar surface area (TPSA) is 94.2 Å². The van der Waals surface area contributed by atoms with Gasteiger partial charge in [0.25, 0.3) is 11.8 Å². The first-order valence-corrected chi connectivity index (χ1v) is 13.7. The van der Waals surface area contributed by atoms with E-state index in [1.165, 1.54) is 18.2 Å². The Hall–Kier alpha value is -3.72. The van der Waals surface area contributed by atoms with E-state index in [1.54, 1.807) is 42.5 Å². The van der Waals surface area contributed by atoms with Gasteiger partial charge in [0, 0.05) is 15.6 Å². The van der Waals surface area contributed by atoms with Crippen molar-refractivity contribution in [2.24, 2.45) is 0 Å². The molecule has 0 unspecified atom stereocenters. The van der Waals surface area contributed by atoms with E-state index in [9.17, 15) is 14.4 Å². The van der Waals surface area contributed by atoms with Gasteiger partial charge in [0.05, 0.1) is 15.9 Å². The summed E-state index contributed by atoms with van der Waals surface area (Å²) < 4.78 is 17.7. The van der Waals surface area contributed by atoms with Crippen LogP contribution in [0.15, 0.2) is 60.2 Å². The van der Waals surface area contributed by atoms with Crippen LogP contribution in [0.5, 0.6) is 17.2 Å². The van der Waals surface area contributed by atoms with Gasteiger partial charge in [-0.05, 0) is 89.7 Å². The SMILES string of the molecule is C#CCOc1c(I)cc(/C=C2\C(=O)NC(=O)N(c3ccc(OCc4ccc(Cl)cc4Cl)cc3)C2=O)cc1OCC. The quantitative estimate of drug-likeness (QED) is 0.123. The predicted molar refractivity (Wildman–Crippen MR) is 161 cm³/mol. The zero-order chi connectivity index (χ0) is 28.8. The number of urea groups is 1. The number of halogens is 3. The molecular weight excluding hydrogens is 670 g/mol. The molecule has 40 heavy (non-hydrogen) atoms. The molecule has 3 aromatic rings. The fourth-order valence-electron chi connectivity index (χ4n) is 3.74. The van der Waals surface area contributed by atoms with Gasteiger partial charge in [0.1, 0.15) is 24.5 Å². The van der Waals surface area contributed by atoms with Crippen molar-refractivity contribution in [1.82, 2.24) is 5.32 Å². The van der Waals surface area contributed by atoms with Crippen molar-refractivity contribution in [3.05, 3.63) is 84.9 Å². The highest BCUT2D eigenvalue weighted by Crippen LogP contribution is 2.35. The Labute approximate surface area is 254 Å². The molecule has 8 nitrogen and oxygen atoms in total. The van der Waals surface area contributed by atoms with Crippen LogP contribution in [0.3, 0.4) is 0 Å². The van der Waals surface area contributed by atoms with Crippen LogP contribution < -0.4 is 24.4 Å². The van der Waals surface area contributed by atoms with E-state index < -0.39 is 17.8 Å². The lowest BCUT2D eigenvalue weighted by Crippen LogP contribution is -2.54. The third kappa shape index (κ3) is 6.70. The van der Waals surface area contributed by atoms with Gasteiger partial charge in [-0.1, -0.05) is 35.2 Å². The number of ether oxygens (including phenoxy) is 3. The van der Waals surface area contributed by atoms with Gasteiger partial charge >= 0.3 is 6.03 Å². The molecule has 1 fully saturated rings. The van der Waals surface area contributed by atoms with Crippen molar-refractivity contribution in [1.29, 1.82) is 0 Å². The Morgan fingerprint density at radius 2 is 1.77 bits per heavy atom. The number of terminal acetylenes is 1. The average Bonchev–Trinajstić information content (AvgIpc) is 2.91. The lowest BCUT2D eigenvalue weighted by molar-refractivity contribution is -0.122. The van der Waals surface area contributed by atoms with Gasteiger partial charge in [-0.25, -0.2) is 9.69 Å². The van der Waals surface area contributed by atoms with Crippen molar-refractivity contribution in [3.8, 4) is 29.6 Å². The lowest BCUT2D eigenvalue weighted by Gasteiger charge is -2.26. The Bertz CT molecular complexity index is 1550. The van der Waals surface area contributed by atoms with Gasteiger partial charge in [-0.3, -0.25) is 14.9 Å². The summed E-state index contributed by atoms with van der Waals surface area (Å²) in [5.41, 5.74) is 1.26. The first kappa shape index (κ1) is 29.3. The number of nitrogens with one attached hydrogen (secondary N) is 1. The normalized spacial score (nSPS) is 14.1. The monoisotopic (exact) mass is 690 g/mol. The molecule has 1 aliphatic rings. The molecule has 204 valence electrons. The Kier molecular flexibility index (Phi) is 9.58. The summed E-state index contributed by atoms with van der Waals surface area (Å²) in [5, 5.41) is 3.21. The molecule has 0 spiro atoms. The highest BCUT2D eigenvalue weighted by atomic mass is 127. The predicted octanol–water partition coefficient (Wildman–Crippen LogP) is 6.25. The highest BCUT2D eigenvalue weighted by Gasteiger charge is 2.37. The maximum atomic E-state index is 13.4. The van der Waals surface area contributed by atoms with Crippen molar-refractivity contribution in [2.45, 2.75) is 13.5 Å². The van der Waals surface area contributed by atoms with Gasteiger partial charge in [0.15, 0.2) is 11.5 Å². The van der Waals surface area contributed by atoms with Crippen molar-refractivity contribution in [3.63, 3.8) is 0 Å². The van der Waals surface area contributed by atoms with Gasteiger partial charge < -0.3 is 14.2 Å². The number of anilines is 1. The van der Waals surface area contributed by atoms with Gasteiger partial charge in [0.2, 0.25) is 0 Å². The molecule has 0 aliphatic carbocycles. The summed E-state index contributed by atoms with van der Waals surface area (Å²) in [6, 6.07) is 13.9. The molecule has 4 rings (SSSR count). The highest BCUT2D eigenvalue weighted by molar-refractivity contribution is 14.1. The Morgan fingerprint density at radius 3 is 2.45 bits per heavy atom. The van der Waals surface area contributed by atoms with Crippen molar-refractivity contribution in [2.75, 3.05) is 18.1 Å². The second-order valence-electron chi connectivity index (χ2n) is 8.23. The molecule has 1 saturated heterocycles. The average molecular weight is 691 g/mol. The van der Waals surface area contributed by atoms with Crippen molar-refractivity contribution < 1.29 is 28.6 Å². The standard InChI is InChI=1S/C29H21Cl2IN2O6/c1-3-11-39-26-24(32)13-17(14-25(26)38-4-2)12-22-27(35)33-29(37)34(28(22)36)20-7-9-21(10-8-20)40-16-18-5-6-19(30)15-23(18)31/h1,5-10,12-15H,4,11,16H2,2H3,(H,33,35,37)/b22-12+. The molecule has 11 heteroatoms. The van der Waals surface area contributed by atoms with Crippen LogP contribution in [0.25, 0.3) is 6.08 Å². The van der Waals surface area contributed by atoms with E-state index in [-0.39, 0.29) is 24.5 Å². The van der Waals surface area contributed by atoms with Crippen molar-refractivity contribution >= 4 is 75.4 Å². The molecular formula is C29H21Cl2IN2O6. The second kappa shape index (κ2) is 13.1. The second-order valence-corrected chi connectivity index (χ2v) is 10.2. The number of nitrogens with zero attached hydrogens (tertiary/aromatic N) is 1. The number of benzene rings is 3. The van der Waals surface area contributed by atoms with Crippen LogP contribution in [0, 0.1) is 15.9 Å². The van der Waals surface area contributed by atoms with Crippen LogP contribution in [-0.4, -0.2) is 31.1 Å². The number of hydrogen-bond acceptors (Lipinski definition) is 6. The molecule has 1 N–H and O–H groups in total. The largest absolute Gasteiger partial charge is 0.490 e. The van der Waals surface area contributed by atoms with Gasteiger partial charge in [-0.2, -0.15) is 0 Å². The minimum Gasteiger partial charge on any atom is -0.490 e. The van der Waals surface area contributed by atoms with E-state index >= 15 is 0 Å². The number of rotatable bonds is 9. The van der Waals surface area contributed by atoms with E-state index in [0.29, 0.717) is 43.0 Å². The fraction of sp³-hybridized carbons (Fsp3) is 0.138. The van der Waals surface area contributed by atoms with Crippen LogP contribution in [0.2, 0.25) is 10.0 Å². The first-order chi connectivity index (χ1) is 19.2. The summed E-state index contributed by atoms with van der Waals surface area (Å²) in [4.78, 5) is 39.5. The number of barbiturate groups is 1. The summed E-state index contributed by atoms with van der Waals surface area (Å²) >= 11 is 14.2. The van der Waals surface area contributed by atoms with Gasteiger partial charge in [-0.15, -0.1) is 6.42 Å². The Morgan fingerprint density at radius 1 is 1.02 bits per heavy atom. The van der Waals surface area contributed by atoms with Crippen LogP contribution >= 0.6 is 45.8 Å². The summed E-state index contributed by atoms with van der Waals surface area (Å²) in [6.07, 6.45) is 6.70. The molecule has 1 heterocycles. The van der Waals surface area contributed by atoms with Crippen LogP contribution in [0.4, 0.5) is 10.5 Å². The van der Waals surface area contributed by atoms with Crippen LogP contribution in [-0.2, 0) is 16.2 Å². The van der Waals surface area contributed by atoms with E-state index in [0.717, 1.165) is 10.5 Å². The maximum absolute atomic E-state index is 13.4. The number of carbonyl (C=O) groups excluding carboxylic acids is 3. The molecule has 0 radical (unpaired) electrons. The summed E-state index contributed by atoms with van der Waals surface area (Å²) in [6.45, 7) is 2.41. The van der Waals surface area contributed by atoms with E-state index in [2.05, 4.69) is 33.8 Å². The summed E-state index contributed by atoms with van der Waals surface area (Å²) in [5.74, 6) is 2.16. The lowest BCUT2D eigenvalue weighted by atomic mass is 10.1.